The molecular weight excluding hydrogens is 242 g/mol. The number of imidazole rings is 1. The molecule has 0 amide bonds. The second kappa shape index (κ2) is 4.96. The Morgan fingerprint density at radius 3 is 3.11 bits per heavy atom. The van der Waals surface area contributed by atoms with Gasteiger partial charge in [0.15, 0.2) is 0 Å². The average molecular weight is 263 g/mol. The van der Waals surface area contributed by atoms with Crippen LogP contribution in [-0.4, -0.2) is 38.6 Å². The summed E-state index contributed by atoms with van der Waals surface area (Å²) in [5, 5.41) is 9.21. The first kappa shape index (κ1) is 12.7. The standard InChI is InChI=1S/C14H21N3O2/c1-2-16-7-3-4-12(16)13-15-8-11-6-5-10(14(18)19)9-17(11)13/h8,10,12H,2-7,9H2,1H3,(H,18,19). The van der Waals surface area contributed by atoms with Gasteiger partial charge in [0.1, 0.15) is 5.82 Å². The molecule has 0 bridgehead atoms. The Bertz CT molecular complexity index is 483. The highest BCUT2D eigenvalue weighted by Crippen LogP contribution is 2.33. The second-order valence-corrected chi connectivity index (χ2v) is 5.58. The highest BCUT2D eigenvalue weighted by Gasteiger charge is 2.32. The molecule has 3 rings (SSSR count). The zero-order valence-corrected chi connectivity index (χ0v) is 11.4. The summed E-state index contributed by atoms with van der Waals surface area (Å²) < 4.78 is 2.17. The highest BCUT2D eigenvalue weighted by atomic mass is 16.4. The van der Waals surface area contributed by atoms with Gasteiger partial charge in [-0.15, -0.1) is 0 Å². The maximum absolute atomic E-state index is 11.2. The van der Waals surface area contributed by atoms with Gasteiger partial charge in [-0.3, -0.25) is 9.69 Å². The van der Waals surface area contributed by atoms with Crippen molar-refractivity contribution in [3.8, 4) is 0 Å². The van der Waals surface area contributed by atoms with Gasteiger partial charge in [0.2, 0.25) is 0 Å². The SMILES string of the molecule is CCN1CCCC1c1ncc2n1CC(C(=O)O)CC2. The number of nitrogens with zero attached hydrogens (tertiary/aromatic N) is 3. The summed E-state index contributed by atoms with van der Waals surface area (Å²) in [4.78, 5) is 18.2. The first-order chi connectivity index (χ1) is 9.20. The Labute approximate surface area is 113 Å². The van der Waals surface area contributed by atoms with Crippen molar-refractivity contribution >= 4 is 5.97 Å². The van der Waals surface area contributed by atoms with Gasteiger partial charge in [0.05, 0.1) is 12.0 Å². The van der Waals surface area contributed by atoms with Crippen molar-refractivity contribution in [2.45, 2.75) is 45.2 Å². The molecule has 3 heterocycles. The molecule has 1 N–H and O–H groups in total. The Hall–Kier alpha value is -1.36. The first-order valence-electron chi connectivity index (χ1n) is 7.22. The molecule has 1 aromatic heterocycles. The number of aromatic nitrogens is 2. The molecule has 0 radical (unpaired) electrons. The molecule has 104 valence electrons. The van der Waals surface area contributed by atoms with Crippen LogP contribution in [0.5, 0.6) is 0 Å². The molecule has 5 heteroatoms. The van der Waals surface area contributed by atoms with E-state index in [0.29, 0.717) is 12.6 Å². The number of carboxylic acid groups (broad SMARTS) is 1. The molecule has 19 heavy (non-hydrogen) atoms. The fourth-order valence-electron chi connectivity index (χ4n) is 3.44. The minimum Gasteiger partial charge on any atom is -0.481 e. The molecule has 2 aliphatic heterocycles. The van der Waals surface area contributed by atoms with Crippen LogP contribution in [0.2, 0.25) is 0 Å². The molecule has 1 fully saturated rings. The summed E-state index contributed by atoms with van der Waals surface area (Å²) in [6, 6.07) is 0.381. The fourth-order valence-corrected chi connectivity index (χ4v) is 3.44. The third-order valence-electron chi connectivity index (χ3n) is 4.54. The molecule has 2 unspecified atom stereocenters. The van der Waals surface area contributed by atoms with Gasteiger partial charge >= 0.3 is 5.97 Å². The molecule has 0 aliphatic carbocycles. The summed E-state index contributed by atoms with van der Waals surface area (Å²) in [7, 11) is 0. The number of fused-ring (bicyclic) bond motifs is 1. The van der Waals surface area contributed by atoms with Crippen molar-refractivity contribution in [2.75, 3.05) is 13.1 Å². The van der Waals surface area contributed by atoms with Gasteiger partial charge in [0, 0.05) is 18.4 Å². The lowest BCUT2D eigenvalue weighted by Crippen LogP contribution is -2.30. The maximum atomic E-state index is 11.2. The van der Waals surface area contributed by atoms with Crippen LogP contribution >= 0.6 is 0 Å². The van der Waals surface area contributed by atoms with E-state index in [-0.39, 0.29) is 5.92 Å². The van der Waals surface area contributed by atoms with E-state index in [1.165, 1.54) is 12.1 Å². The van der Waals surface area contributed by atoms with Crippen LogP contribution in [0.15, 0.2) is 6.20 Å². The lowest BCUT2D eigenvalue weighted by Gasteiger charge is -2.27. The van der Waals surface area contributed by atoms with Crippen LogP contribution in [0.25, 0.3) is 0 Å². The second-order valence-electron chi connectivity index (χ2n) is 5.58. The molecule has 5 nitrogen and oxygen atoms in total. The minimum absolute atomic E-state index is 0.253. The van der Waals surface area contributed by atoms with E-state index in [1.54, 1.807) is 0 Å². The van der Waals surface area contributed by atoms with E-state index in [9.17, 15) is 9.90 Å². The number of hydrogen-bond acceptors (Lipinski definition) is 3. The quantitative estimate of drug-likeness (QED) is 0.901. The molecule has 0 aromatic carbocycles. The first-order valence-corrected chi connectivity index (χ1v) is 7.22. The normalized spacial score (nSPS) is 27.4. The van der Waals surface area contributed by atoms with E-state index < -0.39 is 5.97 Å². The number of aryl methyl sites for hydroxylation is 1. The molecule has 1 saturated heterocycles. The average Bonchev–Trinajstić information content (AvgIpc) is 3.03. The molecule has 2 aliphatic rings. The van der Waals surface area contributed by atoms with Crippen molar-refractivity contribution in [3.05, 3.63) is 17.7 Å². The number of carboxylic acids is 1. The lowest BCUT2D eigenvalue weighted by molar-refractivity contribution is -0.142. The van der Waals surface area contributed by atoms with E-state index in [4.69, 9.17) is 0 Å². The van der Waals surface area contributed by atoms with Crippen LogP contribution in [0.4, 0.5) is 0 Å². The van der Waals surface area contributed by atoms with Crippen LogP contribution in [0, 0.1) is 5.92 Å². The monoisotopic (exact) mass is 263 g/mol. The molecule has 1 aromatic rings. The summed E-state index contributed by atoms with van der Waals surface area (Å²) in [5.41, 5.74) is 1.20. The largest absolute Gasteiger partial charge is 0.481 e. The zero-order chi connectivity index (χ0) is 13.4. The maximum Gasteiger partial charge on any atom is 0.308 e. The Morgan fingerprint density at radius 1 is 1.53 bits per heavy atom. The predicted molar refractivity (Wildman–Crippen MR) is 70.9 cm³/mol. The van der Waals surface area contributed by atoms with Gasteiger partial charge in [-0.1, -0.05) is 6.92 Å². The summed E-state index contributed by atoms with van der Waals surface area (Å²) in [5.74, 6) is 0.154. The van der Waals surface area contributed by atoms with Crippen molar-refractivity contribution < 1.29 is 9.90 Å². The van der Waals surface area contributed by atoms with Crippen LogP contribution in [0.3, 0.4) is 0 Å². The van der Waals surface area contributed by atoms with Gasteiger partial charge < -0.3 is 9.67 Å². The summed E-state index contributed by atoms with van der Waals surface area (Å²) >= 11 is 0. The van der Waals surface area contributed by atoms with Crippen molar-refractivity contribution in [3.63, 3.8) is 0 Å². The minimum atomic E-state index is -0.677. The zero-order valence-electron chi connectivity index (χ0n) is 11.4. The number of hydrogen-bond donors (Lipinski definition) is 1. The lowest BCUT2D eigenvalue weighted by atomic mass is 9.98. The van der Waals surface area contributed by atoms with Crippen LogP contribution < -0.4 is 0 Å². The molecular formula is C14H21N3O2. The fraction of sp³-hybridized carbons (Fsp3) is 0.714. The number of aliphatic carboxylic acids is 1. The predicted octanol–water partition coefficient (Wildman–Crippen LogP) is 1.69. The smallest absolute Gasteiger partial charge is 0.308 e. The third-order valence-corrected chi connectivity index (χ3v) is 4.54. The number of likely N-dealkylation sites (tertiary alicyclic amines) is 1. The van der Waals surface area contributed by atoms with Gasteiger partial charge in [-0.05, 0) is 38.8 Å². The Balaban J connectivity index is 1.88. The van der Waals surface area contributed by atoms with Gasteiger partial charge in [0.25, 0.3) is 0 Å². The number of carbonyl (C=O) groups is 1. The van der Waals surface area contributed by atoms with E-state index >= 15 is 0 Å². The van der Waals surface area contributed by atoms with E-state index in [1.807, 2.05) is 6.20 Å². The van der Waals surface area contributed by atoms with Crippen LogP contribution in [-0.2, 0) is 17.8 Å². The van der Waals surface area contributed by atoms with Crippen molar-refractivity contribution in [1.82, 2.24) is 14.5 Å². The van der Waals surface area contributed by atoms with E-state index in [2.05, 4.69) is 21.4 Å². The molecule has 0 saturated carbocycles. The third kappa shape index (κ3) is 2.16. The Kier molecular flexibility index (Phi) is 3.31. The topological polar surface area (TPSA) is 58.4 Å². The van der Waals surface area contributed by atoms with Gasteiger partial charge in [-0.25, -0.2) is 4.98 Å². The molecule has 2 atom stereocenters. The van der Waals surface area contributed by atoms with Crippen LogP contribution in [0.1, 0.15) is 43.7 Å². The Morgan fingerprint density at radius 2 is 2.37 bits per heavy atom. The number of rotatable bonds is 3. The van der Waals surface area contributed by atoms with Crippen molar-refractivity contribution in [1.29, 1.82) is 0 Å². The molecule has 0 spiro atoms. The van der Waals surface area contributed by atoms with Crippen molar-refractivity contribution in [2.24, 2.45) is 5.92 Å². The summed E-state index contributed by atoms with van der Waals surface area (Å²) in [6.45, 7) is 4.94. The highest BCUT2D eigenvalue weighted by molar-refractivity contribution is 5.70. The van der Waals surface area contributed by atoms with Gasteiger partial charge in [-0.2, -0.15) is 0 Å². The van der Waals surface area contributed by atoms with E-state index in [0.717, 1.165) is 38.2 Å². The summed E-state index contributed by atoms with van der Waals surface area (Å²) in [6.07, 6.45) is 5.87.